The Hall–Kier alpha value is -1.00. The lowest BCUT2D eigenvalue weighted by molar-refractivity contribution is -0.0352. The molecule has 1 saturated heterocycles. The van der Waals surface area contributed by atoms with Crippen LogP contribution in [0.4, 0.5) is 8.78 Å². The van der Waals surface area contributed by atoms with Gasteiger partial charge >= 0.3 is 0 Å². The average molecular weight is 255 g/mol. The van der Waals surface area contributed by atoms with Crippen molar-refractivity contribution in [3.05, 3.63) is 35.4 Å². The van der Waals surface area contributed by atoms with Crippen molar-refractivity contribution in [3.8, 4) is 0 Å². The highest BCUT2D eigenvalue weighted by molar-refractivity contribution is 5.26. The molecule has 1 heterocycles. The second kappa shape index (κ2) is 4.94. The van der Waals surface area contributed by atoms with Crippen molar-refractivity contribution in [3.63, 3.8) is 0 Å². The summed E-state index contributed by atoms with van der Waals surface area (Å²) in [6.07, 6.45) is 0.872. The first-order chi connectivity index (χ1) is 8.44. The first-order valence-corrected chi connectivity index (χ1v) is 6.35. The van der Waals surface area contributed by atoms with Gasteiger partial charge in [0.25, 0.3) is 0 Å². The summed E-state index contributed by atoms with van der Waals surface area (Å²) in [6, 6.07) is 4.40. The van der Waals surface area contributed by atoms with Gasteiger partial charge in [0, 0.05) is 24.7 Å². The molecule has 4 heteroatoms. The number of rotatable bonds is 2. The molecule has 0 bridgehead atoms. The van der Waals surface area contributed by atoms with E-state index in [1.54, 1.807) is 0 Å². The summed E-state index contributed by atoms with van der Waals surface area (Å²) in [4.78, 5) is 2.23. The maximum absolute atomic E-state index is 13.7. The second-order valence-electron chi connectivity index (χ2n) is 5.26. The Labute approximate surface area is 106 Å². The number of aliphatic hydroxyl groups is 1. The summed E-state index contributed by atoms with van der Waals surface area (Å²) in [5, 5.41) is 10.5. The number of nitrogens with zero attached hydrogens (tertiary/aromatic N) is 1. The van der Waals surface area contributed by atoms with E-state index in [1.807, 2.05) is 0 Å². The smallest absolute Gasteiger partial charge is 0.164 e. The van der Waals surface area contributed by atoms with Gasteiger partial charge in [0.1, 0.15) is 0 Å². The number of hydrogen-bond donors (Lipinski definition) is 1. The first kappa shape index (κ1) is 13.4. The molecular weight excluding hydrogens is 236 g/mol. The SMILES string of the molecule is CC(C)N1CCC(O)(c2cccc(F)c2F)CC1. The molecule has 1 aromatic carbocycles. The molecule has 0 aliphatic carbocycles. The fourth-order valence-electron chi connectivity index (χ4n) is 2.54. The van der Waals surface area contributed by atoms with Gasteiger partial charge in [-0.1, -0.05) is 12.1 Å². The Morgan fingerprint density at radius 2 is 1.83 bits per heavy atom. The maximum atomic E-state index is 13.7. The van der Waals surface area contributed by atoms with Crippen LogP contribution in [0.3, 0.4) is 0 Å². The van der Waals surface area contributed by atoms with Crippen molar-refractivity contribution in [2.45, 2.75) is 38.3 Å². The molecule has 1 aliphatic heterocycles. The zero-order valence-corrected chi connectivity index (χ0v) is 10.8. The predicted octanol–water partition coefficient (Wildman–Crippen LogP) is 2.66. The van der Waals surface area contributed by atoms with E-state index >= 15 is 0 Å². The zero-order chi connectivity index (χ0) is 13.3. The fraction of sp³-hybridized carbons (Fsp3) is 0.571. The first-order valence-electron chi connectivity index (χ1n) is 6.35. The molecule has 0 radical (unpaired) electrons. The van der Waals surface area contributed by atoms with Crippen LogP contribution in [0.25, 0.3) is 0 Å². The average Bonchev–Trinajstić information content (AvgIpc) is 2.33. The van der Waals surface area contributed by atoms with E-state index in [0.29, 0.717) is 32.0 Å². The highest BCUT2D eigenvalue weighted by atomic mass is 19.2. The van der Waals surface area contributed by atoms with Gasteiger partial charge in [-0.3, -0.25) is 0 Å². The molecule has 2 nitrogen and oxygen atoms in total. The standard InChI is InChI=1S/C14H19F2NO/c1-10(2)17-8-6-14(18,7-9-17)11-4-3-5-12(15)13(11)16/h3-5,10,18H,6-9H2,1-2H3. The molecule has 1 aromatic rings. The Balaban J connectivity index is 2.21. The van der Waals surface area contributed by atoms with Crippen molar-refractivity contribution in [2.24, 2.45) is 0 Å². The number of piperidine rings is 1. The van der Waals surface area contributed by atoms with Gasteiger partial charge in [0.2, 0.25) is 0 Å². The van der Waals surface area contributed by atoms with Crippen LogP contribution in [0, 0.1) is 11.6 Å². The molecule has 0 atom stereocenters. The minimum absolute atomic E-state index is 0.0888. The summed E-state index contributed by atoms with van der Waals surface area (Å²) in [6.45, 7) is 5.58. The van der Waals surface area contributed by atoms with E-state index in [2.05, 4.69) is 18.7 Å². The van der Waals surface area contributed by atoms with E-state index < -0.39 is 17.2 Å². The van der Waals surface area contributed by atoms with Crippen molar-refractivity contribution in [2.75, 3.05) is 13.1 Å². The molecule has 1 fully saturated rings. The van der Waals surface area contributed by atoms with Crippen molar-refractivity contribution in [1.82, 2.24) is 4.90 Å². The third-order valence-electron chi connectivity index (χ3n) is 3.81. The Morgan fingerprint density at radius 3 is 2.39 bits per heavy atom. The predicted molar refractivity (Wildman–Crippen MR) is 66.2 cm³/mol. The molecular formula is C14H19F2NO. The van der Waals surface area contributed by atoms with Crippen LogP contribution >= 0.6 is 0 Å². The number of benzene rings is 1. The second-order valence-corrected chi connectivity index (χ2v) is 5.26. The third kappa shape index (κ3) is 2.40. The normalized spacial score (nSPS) is 20.3. The molecule has 1 N–H and O–H groups in total. The van der Waals surface area contributed by atoms with Gasteiger partial charge in [0.05, 0.1) is 5.60 Å². The van der Waals surface area contributed by atoms with Crippen LogP contribution in [-0.2, 0) is 5.60 Å². The quantitative estimate of drug-likeness (QED) is 0.878. The minimum Gasteiger partial charge on any atom is -0.385 e. The van der Waals surface area contributed by atoms with E-state index in [1.165, 1.54) is 12.1 Å². The largest absolute Gasteiger partial charge is 0.385 e. The summed E-state index contributed by atoms with van der Waals surface area (Å²) in [5.41, 5.74) is -1.15. The molecule has 0 aromatic heterocycles. The maximum Gasteiger partial charge on any atom is 0.164 e. The van der Waals surface area contributed by atoms with E-state index in [9.17, 15) is 13.9 Å². The Morgan fingerprint density at radius 1 is 1.22 bits per heavy atom. The lowest BCUT2D eigenvalue weighted by Crippen LogP contribution is -2.45. The van der Waals surface area contributed by atoms with Gasteiger partial charge in [-0.25, -0.2) is 8.78 Å². The van der Waals surface area contributed by atoms with Gasteiger partial charge in [-0.15, -0.1) is 0 Å². The van der Waals surface area contributed by atoms with Crippen LogP contribution in [0.2, 0.25) is 0 Å². The summed E-state index contributed by atoms with van der Waals surface area (Å²) >= 11 is 0. The van der Waals surface area contributed by atoms with E-state index in [-0.39, 0.29) is 5.56 Å². The summed E-state index contributed by atoms with van der Waals surface area (Å²) < 4.78 is 27.0. The molecule has 1 aliphatic rings. The lowest BCUT2D eigenvalue weighted by atomic mass is 9.83. The molecule has 100 valence electrons. The van der Waals surface area contributed by atoms with E-state index in [0.717, 1.165) is 6.07 Å². The van der Waals surface area contributed by atoms with Crippen LogP contribution in [0.1, 0.15) is 32.3 Å². The third-order valence-corrected chi connectivity index (χ3v) is 3.81. The highest BCUT2D eigenvalue weighted by Gasteiger charge is 2.37. The van der Waals surface area contributed by atoms with Gasteiger partial charge in [0.15, 0.2) is 11.6 Å². The molecule has 0 amide bonds. The van der Waals surface area contributed by atoms with Crippen molar-refractivity contribution in [1.29, 1.82) is 0 Å². The monoisotopic (exact) mass is 255 g/mol. The van der Waals surface area contributed by atoms with Gasteiger partial charge in [-0.2, -0.15) is 0 Å². The molecule has 0 saturated carbocycles. The lowest BCUT2D eigenvalue weighted by Gasteiger charge is -2.40. The molecule has 2 rings (SSSR count). The number of likely N-dealkylation sites (tertiary alicyclic amines) is 1. The topological polar surface area (TPSA) is 23.5 Å². The summed E-state index contributed by atoms with van der Waals surface area (Å²) in [5.74, 6) is -1.81. The van der Waals surface area contributed by atoms with Crippen LogP contribution in [-0.4, -0.2) is 29.1 Å². The van der Waals surface area contributed by atoms with Crippen LogP contribution in [0.5, 0.6) is 0 Å². The molecule has 18 heavy (non-hydrogen) atoms. The van der Waals surface area contributed by atoms with Crippen LogP contribution in [0.15, 0.2) is 18.2 Å². The molecule has 0 spiro atoms. The minimum atomic E-state index is -1.24. The number of halogens is 2. The Kier molecular flexibility index (Phi) is 3.69. The van der Waals surface area contributed by atoms with Gasteiger partial charge in [-0.05, 0) is 32.8 Å². The zero-order valence-electron chi connectivity index (χ0n) is 10.8. The Bertz CT molecular complexity index is 426. The van der Waals surface area contributed by atoms with Crippen molar-refractivity contribution >= 4 is 0 Å². The number of hydrogen-bond acceptors (Lipinski definition) is 2. The highest BCUT2D eigenvalue weighted by Crippen LogP contribution is 2.35. The summed E-state index contributed by atoms with van der Waals surface area (Å²) in [7, 11) is 0. The fourth-order valence-corrected chi connectivity index (χ4v) is 2.54. The van der Waals surface area contributed by atoms with Crippen molar-refractivity contribution < 1.29 is 13.9 Å². The van der Waals surface area contributed by atoms with Gasteiger partial charge < -0.3 is 10.0 Å². The van der Waals surface area contributed by atoms with E-state index in [4.69, 9.17) is 0 Å². The molecule has 0 unspecified atom stereocenters. The van der Waals surface area contributed by atoms with Crippen LogP contribution < -0.4 is 0 Å².